The maximum Gasteiger partial charge on any atom is 0.254 e. The minimum atomic E-state index is -0.0957. The third-order valence-electron chi connectivity index (χ3n) is 4.77. The summed E-state index contributed by atoms with van der Waals surface area (Å²) in [6, 6.07) is 10.4. The highest BCUT2D eigenvalue weighted by atomic mass is 35.5. The Morgan fingerprint density at radius 3 is 2.55 bits per heavy atom. The number of amides is 1. The molecule has 5 nitrogen and oxygen atoms in total. The quantitative estimate of drug-likeness (QED) is 0.719. The molecule has 0 aliphatic carbocycles. The smallest absolute Gasteiger partial charge is 0.254 e. The van der Waals surface area contributed by atoms with Crippen LogP contribution in [0.2, 0.25) is 5.02 Å². The summed E-state index contributed by atoms with van der Waals surface area (Å²) in [7, 11) is 1.54. The number of halogens is 1. The SMILES string of the molecule is COc1cc(C(=O)N2CC=C(c3ccc(O)cc3)CC2)cc(Cl)c1OCC(C)C. The fourth-order valence-corrected chi connectivity index (χ4v) is 3.47. The van der Waals surface area contributed by atoms with E-state index in [0.717, 1.165) is 12.0 Å². The second-order valence-electron chi connectivity index (χ2n) is 7.47. The molecule has 0 aromatic heterocycles. The fraction of sp³-hybridized carbons (Fsp3) is 0.348. The number of ether oxygens (including phenoxy) is 2. The molecule has 0 unspecified atom stereocenters. The number of carbonyl (C=O) groups excluding carboxylic acids is 1. The lowest BCUT2D eigenvalue weighted by Crippen LogP contribution is -2.34. The van der Waals surface area contributed by atoms with Gasteiger partial charge in [-0.25, -0.2) is 0 Å². The van der Waals surface area contributed by atoms with Crippen molar-refractivity contribution in [3.63, 3.8) is 0 Å². The summed E-state index contributed by atoms with van der Waals surface area (Å²) in [6.45, 7) is 5.74. The third-order valence-corrected chi connectivity index (χ3v) is 5.05. The standard InChI is InChI=1S/C23H26ClNO4/c1-15(2)14-29-22-20(24)12-18(13-21(22)28-3)23(27)25-10-8-17(9-11-25)16-4-6-19(26)7-5-16/h4-8,12-13,15,26H,9-11,14H2,1-3H3. The van der Waals surface area contributed by atoms with Gasteiger partial charge in [0.1, 0.15) is 5.75 Å². The molecule has 1 aliphatic heterocycles. The van der Waals surface area contributed by atoms with Crippen molar-refractivity contribution in [1.29, 1.82) is 0 Å². The van der Waals surface area contributed by atoms with Crippen LogP contribution in [-0.2, 0) is 0 Å². The van der Waals surface area contributed by atoms with Gasteiger partial charge >= 0.3 is 0 Å². The molecule has 154 valence electrons. The summed E-state index contributed by atoms with van der Waals surface area (Å²) in [5, 5.41) is 9.81. The summed E-state index contributed by atoms with van der Waals surface area (Å²) < 4.78 is 11.2. The number of phenols is 1. The first-order valence-corrected chi connectivity index (χ1v) is 10.0. The van der Waals surface area contributed by atoms with Gasteiger partial charge in [0.2, 0.25) is 0 Å². The van der Waals surface area contributed by atoms with Crippen LogP contribution in [-0.4, -0.2) is 42.7 Å². The van der Waals surface area contributed by atoms with Gasteiger partial charge in [0.05, 0.1) is 18.7 Å². The largest absolute Gasteiger partial charge is 0.508 e. The van der Waals surface area contributed by atoms with E-state index in [9.17, 15) is 9.90 Å². The molecule has 1 aliphatic rings. The lowest BCUT2D eigenvalue weighted by molar-refractivity contribution is 0.0772. The fourth-order valence-electron chi connectivity index (χ4n) is 3.21. The van der Waals surface area contributed by atoms with E-state index in [0.29, 0.717) is 47.7 Å². The first-order chi connectivity index (χ1) is 13.9. The van der Waals surface area contributed by atoms with Crippen molar-refractivity contribution in [2.45, 2.75) is 20.3 Å². The second-order valence-corrected chi connectivity index (χ2v) is 7.88. The number of rotatable bonds is 6. The molecule has 0 saturated carbocycles. The molecule has 1 heterocycles. The minimum Gasteiger partial charge on any atom is -0.508 e. The first-order valence-electron chi connectivity index (χ1n) is 9.67. The highest BCUT2D eigenvalue weighted by Gasteiger charge is 2.22. The Morgan fingerprint density at radius 2 is 1.97 bits per heavy atom. The summed E-state index contributed by atoms with van der Waals surface area (Å²) in [5.41, 5.74) is 2.71. The Morgan fingerprint density at radius 1 is 1.24 bits per heavy atom. The number of aromatic hydroxyl groups is 1. The number of benzene rings is 2. The van der Waals surface area contributed by atoms with Gasteiger partial charge in [-0.1, -0.05) is 43.7 Å². The van der Waals surface area contributed by atoms with Crippen molar-refractivity contribution in [1.82, 2.24) is 4.90 Å². The van der Waals surface area contributed by atoms with Crippen molar-refractivity contribution in [3.05, 3.63) is 58.6 Å². The normalized spacial score (nSPS) is 14.0. The average Bonchev–Trinajstić information content (AvgIpc) is 2.72. The maximum absolute atomic E-state index is 13.0. The van der Waals surface area contributed by atoms with Gasteiger partial charge in [0, 0.05) is 18.7 Å². The molecule has 0 spiro atoms. The van der Waals surface area contributed by atoms with Crippen LogP contribution in [0, 0.1) is 5.92 Å². The van der Waals surface area contributed by atoms with Gasteiger partial charge in [-0.05, 0) is 47.7 Å². The summed E-state index contributed by atoms with van der Waals surface area (Å²) in [6.07, 6.45) is 2.80. The number of phenolic OH excluding ortho intramolecular Hbond substituents is 1. The van der Waals surface area contributed by atoms with Crippen LogP contribution >= 0.6 is 11.6 Å². The molecule has 2 aromatic carbocycles. The van der Waals surface area contributed by atoms with E-state index >= 15 is 0 Å². The van der Waals surface area contributed by atoms with E-state index in [1.54, 1.807) is 29.2 Å². The molecular weight excluding hydrogens is 390 g/mol. The number of carbonyl (C=O) groups is 1. The van der Waals surface area contributed by atoms with Gasteiger partial charge < -0.3 is 19.5 Å². The molecule has 6 heteroatoms. The molecule has 3 rings (SSSR count). The third kappa shape index (κ3) is 5.04. The Labute approximate surface area is 176 Å². The van der Waals surface area contributed by atoms with E-state index in [-0.39, 0.29) is 11.7 Å². The number of methoxy groups -OCH3 is 1. The molecule has 1 amide bonds. The second kappa shape index (κ2) is 9.23. The lowest BCUT2D eigenvalue weighted by Gasteiger charge is -2.27. The van der Waals surface area contributed by atoms with Crippen molar-refractivity contribution in [2.75, 3.05) is 26.8 Å². The molecule has 0 fully saturated rings. The zero-order chi connectivity index (χ0) is 21.0. The maximum atomic E-state index is 13.0. The van der Waals surface area contributed by atoms with Crippen molar-refractivity contribution in [3.8, 4) is 17.2 Å². The van der Waals surface area contributed by atoms with E-state index < -0.39 is 0 Å². The molecule has 29 heavy (non-hydrogen) atoms. The van der Waals surface area contributed by atoms with Crippen molar-refractivity contribution < 1.29 is 19.4 Å². The molecular formula is C23H26ClNO4. The van der Waals surface area contributed by atoms with Crippen LogP contribution in [0.5, 0.6) is 17.2 Å². The predicted octanol–water partition coefficient (Wildman–Crippen LogP) is 5.02. The van der Waals surface area contributed by atoms with Gasteiger partial charge in [0.15, 0.2) is 11.5 Å². The topological polar surface area (TPSA) is 59.0 Å². The number of hydrogen-bond acceptors (Lipinski definition) is 4. The predicted molar refractivity (Wildman–Crippen MR) is 115 cm³/mol. The zero-order valence-electron chi connectivity index (χ0n) is 16.9. The first kappa shape index (κ1) is 21.1. The number of nitrogens with zero attached hydrogens (tertiary/aromatic N) is 1. The van der Waals surface area contributed by atoms with Gasteiger partial charge in [0.25, 0.3) is 5.91 Å². The number of hydrogen-bond donors (Lipinski definition) is 1. The average molecular weight is 416 g/mol. The Balaban J connectivity index is 1.75. The Bertz CT molecular complexity index is 906. The van der Waals surface area contributed by atoms with Crippen LogP contribution in [0.1, 0.15) is 36.2 Å². The molecule has 1 N–H and O–H groups in total. The highest BCUT2D eigenvalue weighted by Crippen LogP contribution is 2.37. The molecule has 0 atom stereocenters. The van der Waals surface area contributed by atoms with E-state index in [1.807, 2.05) is 18.2 Å². The molecule has 2 aromatic rings. The monoisotopic (exact) mass is 415 g/mol. The zero-order valence-corrected chi connectivity index (χ0v) is 17.7. The van der Waals surface area contributed by atoms with E-state index in [2.05, 4.69) is 13.8 Å². The van der Waals surface area contributed by atoms with E-state index in [4.69, 9.17) is 21.1 Å². The van der Waals surface area contributed by atoms with Gasteiger partial charge in [-0.2, -0.15) is 0 Å². The van der Waals surface area contributed by atoms with E-state index in [1.165, 1.54) is 12.7 Å². The van der Waals surface area contributed by atoms with Gasteiger partial charge in [-0.15, -0.1) is 0 Å². The van der Waals surface area contributed by atoms with Crippen LogP contribution in [0.15, 0.2) is 42.5 Å². The van der Waals surface area contributed by atoms with Crippen molar-refractivity contribution in [2.24, 2.45) is 5.92 Å². The highest BCUT2D eigenvalue weighted by molar-refractivity contribution is 6.32. The molecule has 0 radical (unpaired) electrons. The van der Waals surface area contributed by atoms with Crippen LogP contribution in [0.4, 0.5) is 0 Å². The lowest BCUT2D eigenvalue weighted by atomic mass is 9.99. The summed E-state index contributed by atoms with van der Waals surface area (Å²) in [5.74, 6) is 1.42. The Kier molecular flexibility index (Phi) is 6.70. The summed E-state index contributed by atoms with van der Waals surface area (Å²) >= 11 is 6.39. The Hall–Kier alpha value is -2.66. The minimum absolute atomic E-state index is 0.0957. The molecule has 0 saturated heterocycles. The van der Waals surface area contributed by atoms with Crippen LogP contribution < -0.4 is 9.47 Å². The molecule has 0 bridgehead atoms. The van der Waals surface area contributed by atoms with Gasteiger partial charge in [-0.3, -0.25) is 4.79 Å². The summed E-state index contributed by atoms with van der Waals surface area (Å²) in [4.78, 5) is 14.8. The van der Waals surface area contributed by atoms with Crippen molar-refractivity contribution >= 4 is 23.1 Å². The van der Waals surface area contributed by atoms with Crippen LogP contribution in [0.3, 0.4) is 0 Å². The van der Waals surface area contributed by atoms with Crippen LogP contribution in [0.25, 0.3) is 5.57 Å².